The molecule has 0 atom stereocenters. The number of hydrogen-bond donors (Lipinski definition) is 0. The molecular weight excluding hydrogens is 989 g/mol. The first-order chi connectivity index (χ1) is 39.5. The van der Waals surface area contributed by atoms with Crippen LogP contribution in [0.5, 0.6) is 11.5 Å². The van der Waals surface area contributed by atoms with Crippen molar-refractivity contribution in [1.82, 2.24) is 14.1 Å². The first-order valence-electron chi connectivity index (χ1n) is 28.1. The number of rotatable bonds is 7. The molecule has 3 aromatic heterocycles. The van der Waals surface area contributed by atoms with Crippen molar-refractivity contribution >= 4 is 83.6 Å². The van der Waals surface area contributed by atoms with Gasteiger partial charge in [-0.2, -0.15) is 0 Å². The Morgan fingerprint density at radius 1 is 0.358 bits per heavy atom. The highest BCUT2D eigenvalue weighted by Gasteiger charge is 2.35. The lowest BCUT2D eigenvalue weighted by molar-refractivity contribution is 0.483. The van der Waals surface area contributed by atoms with E-state index in [2.05, 4.69) is 302 Å². The van der Waals surface area contributed by atoms with Crippen molar-refractivity contribution in [2.75, 3.05) is 21.4 Å². The van der Waals surface area contributed by atoms with Crippen LogP contribution in [0, 0.1) is 0 Å². The van der Waals surface area contributed by atoms with Gasteiger partial charge in [0.2, 0.25) is 0 Å². The van der Waals surface area contributed by atoms with Gasteiger partial charge in [-0.25, -0.2) is 4.98 Å². The molecule has 0 amide bonds. The summed E-state index contributed by atoms with van der Waals surface area (Å²) in [6, 6.07) is 86.1. The molecule has 0 radical (unpaired) electrons. The number of hydrogen-bond acceptors (Lipinski definition) is 5. The molecule has 7 heteroatoms. The van der Waals surface area contributed by atoms with Gasteiger partial charge < -0.3 is 23.7 Å². The summed E-state index contributed by atoms with van der Waals surface area (Å²) in [5.74, 6) is 2.33. The van der Waals surface area contributed by atoms with E-state index in [0.29, 0.717) is 6.67 Å². The highest BCUT2D eigenvalue weighted by atomic mass is 16.5. The number of fused-ring (bicyclic) bond motifs is 12. The van der Waals surface area contributed by atoms with Crippen molar-refractivity contribution in [1.29, 1.82) is 0 Å². The van der Waals surface area contributed by atoms with Crippen LogP contribution in [0.2, 0.25) is 0 Å². The summed E-state index contributed by atoms with van der Waals surface area (Å²) in [5, 5.41) is 4.90. The summed E-state index contributed by atoms with van der Waals surface area (Å²) in [6.45, 7) is 14.3. The average molecular weight is 1050 g/mol. The molecule has 0 saturated carbocycles. The number of aromatic nitrogens is 3. The fourth-order valence-corrected chi connectivity index (χ4v) is 12.7. The van der Waals surface area contributed by atoms with Crippen LogP contribution in [-0.2, 0) is 10.8 Å². The van der Waals surface area contributed by atoms with Gasteiger partial charge in [0.1, 0.15) is 24.0 Å². The molecule has 15 rings (SSSR count). The van der Waals surface area contributed by atoms with E-state index in [1.165, 1.54) is 38.2 Å². The fraction of sp³-hybridized carbons (Fsp3) is 0.122. The molecule has 0 spiro atoms. The van der Waals surface area contributed by atoms with Crippen LogP contribution in [0.4, 0.5) is 39.9 Å². The molecule has 0 fully saturated rings. The molecule has 2 aliphatic heterocycles. The van der Waals surface area contributed by atoms with Gasteiger partial charge in [-0.1, -0.05) is 175 Å². The zero-order valence-corrected chi connectivity index (χ0v) is 46.4. The summed E-state index contributed by atoms with van der Waals surface area (Å²) >= 11 is 0. The summed E-state index contributed by atoms with van der Waals surface area (Å²) < 4.78 is 12.1. The summed E-state index contributed by atoms with van der Waals surface area (Å²) in [7, 11) is 0. The third-order valence-electron chi connectivity index (χ3n) is 16.7. The van der Waals surface area contributed by atoms with Crippen LogP contribution in [0.25, 0.3) is 77.2 Å². The Morgan fingerprint density at radius 2 is 0.827 bits per heavy atom. The Bertz CT molecular complexity index is 4420. The molecule has 7 nitrogen and oxygen atoms in total. The molecule has 10 aromatic carbocycles. The molecule has 392 valence electrons. The summed E-state index contributed by atoms with van der Waals surface area (Å²) in [6.07, 6.45) is 1.94. The van der Waals surface area contributed by atoms with Gasteiger partial charge in [-0.15, -0.1) is 0 Å². The van der Waals surface area contributed by atoms with Crippen molar-refractivity contribution in [3.05, 3.63) is 254 Å². The smallest absolute Gasteiger partial charge is 0.137 e. The first kappa shape index (κ1) is 48.3. The molecular formula is C74H60N6O. The maximum absolute atomic E-state index is 7.07. The molecule has 81 heavy (non-hydrogen) atoms. The lowest BCUT2D eigenvalue weighted by Gasteiger charge is -2.31. The van der Waals surface area contributed by atoms with Crippen molar-refractivity contribution < 1.29 is 4.74 Å². The van der Waals surface area contributed by atoms with Crippen LogP contribution in [0.15, 0.2) is 243 Å². The lowest BCUT2D eigenvalue weighted by Crippen LogP contribution is -2.26. The van der Waals surface area contributed by atoms with Crippen molar-refractivity contribution in [2.24, 2.45) is 0 Å². The van der Waals surface area contributed by atoms with Gasteiger partial charge in [-0.3, -0.25) is 4.90 Å². The minimum Gasteiger partial charge on any atom is -0.457 e. The molecule has 0 bridgehead atoms. The predicted octanol–water partition coefficient (Wildman–Crippen LogP) is 20.0. The third kappa shape index (κ3) is 7.82. The van der Waals surface area contributed by atoms with Gasteiger partial charge in [0, 0.05) is 56.7 Å². The van der Waals surface area contributed by atoms with E-state index in [1.54, 1.807) is 0 Å². The number of benzene rings is 10. The molecule has 0 saturated heterocycles. The predicted molar refractivity (Wildman–Crippen MR) is 338 cm³/mol. The molecule has 0 aliphatic carbocycles. The van der Waals surface area contributed by atoms with Crippen molar-refractivity contribution in [2.45, 2.75) is 52.4 Å². The highest BCUT2D eigenvalue weighted by molar-refractivity contribution is 6.12. The molecule has 5 heterocycles. The highest BCUT2D eigenvalue weighted by Crippen LogP contribution is 2.54. The minimum atomic E-state index is -0.187. The Morgan fingerprint density at radius 3 is 1.38 bits per heavy atom. The average Bonchev–Trinajstić information content (AvgIpc) is 4.32. The Labute approximate surface area is 472 Å². The van der Waals surface area contributed by atoms with E-state index in [9.17, 15) is 0 Å². The zero-order valence-electron chi connectivity index (χ0n) is 46.4. The fourth-order valence-electron chi connectivity index (χ4n) is 12.7. The molecule has 2 aliphatic rings. The molecule has 0 unspecified atom stereocenters. The van der Waals surface area contributed by atoms with Gasteiger partial charge in [0.05, 0.1) is 61.9 Å². The Kier molecular flexibility index (Phi) is 10.9. The van der Waals surface area contributed by atoms with Crippen molar-refractivity contribution in [3.63, 3.8) is 0 Å². The van der Waals surface area contributed by atoms with Gasteiger partial charge in [0.15, 0.2) is 0 Å². The Balaban J connectivity index is 0.893. The topological polar surface area (TPSA) is 41.7 Å². The lowest BCUT2D eigenvalue weighted by atomic mass is 9.85. The van der Waals surface area contributed by atoms with E-state index in [1.807, 2.05) is 6.20 Å². The quantitative estimate of drug-likeness (QED) is 0.159. The largest absolute Gasteiger partial charge is 0.457 e. The maximum atomic E-state index is 7.07. The zero-order chi connectivity index (χ0) is 54.7. The van der Waals surface area contributed by atoms with E-state index < -0.39 is 0 Å². The maximum Gasteiger partial charge on any atom is 0.137 e. The number of nitrogens with zero attached hydrogens (tertiary/aromatic N) is 6. The van der Waals surface area contributed by atoms with E-state index >= 15 is 0 Å². The van der Waals surface area contributed by atoms with Crippen LogP contribution >= 0.6 is 0 Å². The molecule has 0 N–H and O–H groups in total. The number of para-hydroxylation sites is 7. The molecule has 13 aromatic rings. The second kappa shape index (κ2) is 18.4. The third-order valence-corrected chi connectivity index (χ3v) is 16.7. The standard InChI is InChI=1S/C74H60N6O/c1-73(2,3)48-40-41-75-71(44-48)80-65-35-18-9-26-55(65)53-24-7-8-25-54(53)60-39-38-52(46-68(60)80)81-51-23-21-22-50(45-51)76-47-77(67-37-20-19-36-66(67)76)72-69(78-61-31-14-10-27-56(61)57-28-11-15-32-62(57)78)42-49(74(4,5)6)43-70(72)79-63-33-16-12-29-58(63)59-30-13-17-34-64(59)79/h7-46H,47H2,1-6H3. The van der Waals surface area contributed by atoms with E-state index in [-0.39, 0.29) is 10.8 Å². The minimum absolute atomic E-state index is 0.0715. The van der Waals surface area contributed by atoms with Gasteiger partial charge in [-0.05, 0) is 124 Å². The van der Waals surface area contributed by atoms with E-state index in [0.717, 1.165) is 102 Å². The summed E-state index contributed by atoms with van der Waals surface area (Å²) in [5.41, 5.74) is 20.1. The second-order valence-electron chi connectivity index (χ2n) is 23.7. The van der Waals surface area contributed by atoms with Crippen molar-refractivity contribution in [3.8, 4) is 45.1 Å². The monoisotopic (exact) mass is 1050 g/mol. The van der Waals surface area contributed by atoms with Crippen LogP contribution in [0.3, 0.4) is 0 Å². The second-order valence-corrected chi connectivity index (χ2v) is 23.7. The van der Waals surface area contributed by atoms with Gasteiger partial charge in [0.25, 0.3) is 0 Å². The van der Waals surface area contributed by atoms with Crippen LogP contribution in [-0.4, -0.2) is 20.8 Å². The number of anilines is 7. The Hall–Kier alpha value is -9.85. The normalized spacial score (nSPS) is 13.2. The summed E-state index contributed by atoms with van der Waals surface area (Å²) in [4.78, 5) is 12.4. The SMILES string of the molecule is CC(C)(C)c1ccnc(N2c3ccccc3-c3ccccc3-c3ccc(Oc4cccc(N5CN(c6c(-n7c8ccccc8c8ccccc87)cc(C(C)(C)C)cc6-n6c7ccccc7c7ccccc76)c6ccccc65)c4)cc32)c1. The van der Waals surface area contributed by atoms with Crippen LogP contribution in [0.1, 0.15) is 52.7 Å². The van der Waals surface area contributed by atoms with E-state index in [4.69, 9.17) is 9.72 Å². The van der Waals surface area contributed by atoms with Crippen LogP contribution < -0.4 is 19.4 Å². The first-order valence-corrected chi connectivity index (χ1v) is 28.1. The number of ether oxygens (including phenoxy) is 1. The number of pyridine rings is 1. The van der Waals surface area contributed by atoms with Gasteiger partial charge >= 0.3 is 0 Å².